The molecule has 0 amide bonds. The molecular weight excluding hydrogens is 451 g/mol. The minimum absolute atomic E-state index is 0.0183. The van der Waals surface area contributed by atoms with E-state index in [4.69, 9.17) is 0 Å². The van der Waals surface area contributed by atoms with Crippen LogP contribution in [0.3, 0.4) is 0 Å². The molecule has 5 rings (SSSR count). The van der Waals surface area contributed by atoms with Crippen molar-refractivity contribution in [1.29, 1.82) is 0 Å². The first kappa shape index (κ1) is 23.2. The molecule has 0 aromatic heterocycles. The van der Waals surface area contributed by atoms with Crippen LogP contribution in [0.2, 0.25) is 0 Å². The smallest absolute Gasteiger partial charge is 0.243 e. The number of hydrogen-bond donors (Lipinski definition) is 1. The number of aliphatic hydroxyl groups excluding tert-OH is 1. The maximum absolute atomic E-state index is 13.4. The lowest BCUT2D eigenvalue weighted by atomic mass is 9.74. The van der Waals surface area contributed by atoms with Crippen LogP contribution in [-0.2, 0) is 10.0 Å². The van der Waals surface area contributed by atoms with Crippen LogP contribution in [0.4, 0.5) is 4.39 Å². The van der Waals surface area contributed by atoms with Gasteiger partial charge in [-0.15, -0.1) is 0 Å². The number of aliphatic hydroxyl groups is 1. The standard InChI is InChI=1S/C27H29FN2O3S/c28-23-12-14-24(15-13-23)34(32,33)29-16-4-5-17-30-25(18-29)27(26(30)19-31)22-10-8-21(9-11-22)20-6-2-1-3-7-20/h1-3,6-15,25-27,31H,4-5,16-19H2/t25-,26-,27+/m0/s1. The van der Waals surface area contributed by atoms with Crippen molar-refractivity contribution in [3.63, 3.8) is 0 Å². The van der Waals surface area contributed by atoms with Crippen molar-refractivity contribution >= 4 is 10.0 Å². The Hall–Kier alpha value is -2.58. The number of sulfonamides is 1. The van der Waals surface area contributed by atoms with Gasteiger partial charge < -0.3 is 5.11 Å². The lowest BCUT2D eigenvalue weighted by molar-refractivity contribution is -0.0553. The van der Waals surface area contributed by atoms with Crippen LogP contribution in [0.15, 0.2) is 83.8 Å². The summed E-state index contributed by atoms with van der Waals surface area (Å²) in [6.07, 6.45) is 1.61. The summed E-state index contributed by atoms with van der Waals surface area (Å²) in [5.74, 6) is -0.416. The van der Waals surface area contributed by atoms with E-state index in [1.807, 2.05) is 18.2 Å². The van der Waals surface area contributed by atoms with Crippen molar-refractivity contribution in [2.24, 2.45) is 0 Å². The van der Waals surface area contributed by atoms with E-state index in [1.54, 1.807) is 0 Å². The number of hydrogen-bond acceptors (Lipinski definition) is 4. The van der Waals surface area contributed by atoms with Gasteiger partial charge in [0.25, 0.3) is 0 Å². The minimum Gasteiger partial charge on any atom is -0.395 e. The zero-order chi connectivity index (χ0) is 23.7. The summed E-state index contributed by atoms with van der Waals surface area (Å²) in [5.41, 5.74) is 3.38. The zero-order valence-corrected chi connectivity index (χ0v) is 19.7. The van der Waals surface area contributed by atoms with Gasteiger partial charge in [0.15, 0.2) is 0 Å². The Bertz CT molecular complexity index is 1220. The highest BCUT2D eigenvalue weighted by atomic mass is 32.2. The molecule has 2 aliphatic heterocycles. The fourth-order valence-corrected chi connectivity index (χ4v) is 6.91. The van der Waals surface area contributed by atoms with E-state index in [0.29, 0.717) is 13.1 Å². The predicted molar refractivity (Wildman–Crippen MR) is 130 cm³/mol. The largest absolute Gasteiger partial charge is 0.395 e. The molecule has 0 aliphatic carbocycles. The van der Waals surface area contributed by atoms with Gasteiger partial charge in [-0.25, -0.2) is 12.8 Å². The molecule has 2 fully saturated rings. The molecule has 3 aromatic rings. The van der Waals surface area contributed by atoms with E-state index in [1.165, 1.54) is 28.6 Å². The lowest BCUT2D eigenvalue weighted by Crippen LogP contribution is -2.67. The Labute approximate surface area is 200 Å². The predicted octanol–water partition coefficient (Wildman–Crippen LogP) is 4.11. The second-order valence-corrected chi connectivity index (χ2v) is 11.0. The topological polar surface area (TPSA) is 60.9 Å². The molecule has 34 heavy (non-hydrogen) atoms. The van der Waals surface area contributed by atoms with Crippen LogP contribution in [0.5, 0.6) is 0 Å². The molecule has 2 aliphatic rings. The van der Waals surface area contributed by atoms with Crippen molar-refractivity contribution in [1.82, 2.24) is 9.21 Å². The maximum Gasteiger partial charge on any atom is 0.243 e. The fourth-order valence-electron chi connectivity index (χ4n) is 5.41. The van der Waals surface area contributed by atoms with Gasteiger partial charge in [-0.2, -0.15) is 4.31 Å². The number of benzene rings is 3. The lowest BCUT2D eigenvalue weighted by Gasteiger charge is -2.57. The first-order chi connectivity index (χ1) is 16.5. The summed E-state index contributed by atoms with van der Waals surface area (Å²) in [6, 6.07) is 23.5. The van der Waals surface area contributed by atoms with E-state index in [-0.39, 0.29) is 29.5 Å². The molecule has 0 unspecified atom stereocenters. The van der Waals surface area contributed by atoms with Gasteiger partial charge in [0.1, 0.15) is 5.82 Å². The third-order valence-corrected chi connectivity index (χ3v) is 9.07. The molecule has 178 valence electrons. The van der Waals surface area contributed by atoms with Gasteiger partial charge in [-0.05, 0) is 60.3 Å². The second kappa shape index (κ2) is 9.58. The number of rotatable bonds is 5. The van der Waals surface area contributed by atoms with Crippen LogP contribution >= 0.6 is 0 Å². The summed E-state index contributed by atoms with van der Waals surface area (Å²) >= 11 is 0. The molecular formula is C27H29FN2O3S. The van der Waals surface area contributed by atoms with Crippen LogP contribution in [0.25, 0.3) is 11.1 Å². The third kappa shape index (κ3) is 4.29. The Morgan fingerprint density at radius 2 is 1.50 bits per heavy atom. The fraction of sp³-hybridized carbons (Fsp3) is 0.333. The molecule has 3 aromatic carbocycles. The Morgan fingerprint density at radius 3 is 2.18 bits per heavy atom. The second-order valence-electron chi connectivity index (χ2n) is 9.09. The molecule has 2 saturated heterocycles. The molecule has 3 atom stereocenters. The number of nitrogens with zero attached hydrogens (tertiary/aromatic N) is 2. The molecule has 0 bridgehead atoms. The van der Waals surface area contributed by atoms with E-state index in [0.717, 1.165) is 36.1 Å². The van der Waals surface area contributed by atoms with Crippen LogP contribution in [0, 0.1) is 5.82 Å². The van der Waals surface area contributed by atoms with Crippen molar-refractivity contribution in [2.45, 2.75) is 35.7 Å². The summed E-state index contributed by atoms with van der Waals surface area (Å²) in [5, 5.41) is 10.2. The minimum atomic E-state index is -3.74. The normalized spacial score (nSPS) is 24.0. The molecule has 1 N–H and O–H groups in total. The first-order valence-electron chi connectivity index (χ1n) is 11.8. The van der Waals surface area contributed by atoms with E-state index in [2.05, 4.69) is 41.3 Å². The SMILES string of the molecule is O=S(=O)(c1ccc(F)cc1)N1CCCCN2[C@@H](CO)[C@H](c3ccc(-c4ccccc4)cc3)[C@@H]2C1. The highest BCUT2D eigenvalue weighted by molar-refractivity contribution is 7.89. The third-order valence-electron chi connectivity index (χ3n) is 7.19. The highest BCUT2D eigenvalue weighted by Gasteiger charge is 2.50. The van der Waals surface area contributed by atoms with E-state index in [9.17, 15) is 17.9 Å². The Morgan fingerprint density at radius 1 is 0.853 bits per heavy atom. The average molecular weight is 481 g/mol. The Balaban J connectivity index is 1.42. The zero-order valence-electron chi connectivity index (χ0n) is 18.9. The van der Waals surface area contributed by atoms with Crippen molar-refractivity contribution in [3.8, 4) is 11.1 Å². The van der Waals surface area contributed by atoms with Crippen LogP contribution in [0.1, 0.15) is 24.3 Å². The summed E-state index contributed by atoms with van der Waals surface area (Å²) in [4.78, 5) is 2.37. The average Bonchev–Trinajstić information content (AvgIpc) is 2.84. The molecule has 0 saturated carbocycles. The molecule has 0 radical (unpaired) electrons. The highest BCUT2D eigenvalue weighted by Crippen LogP contribution is 2.43. The molecule has 2 heterocycles. The molecule has 7 heteroatoms. The maximum atomic E-state index is 13.4. The molecule has 5 nitrogen and oxygen atoms in total. The quantitative estimate of drug-likeness (QED) is 0.597. The van der Waals surface area contributed by atoms with E-state index < -0.39 is 15.8 Å². The summed E-state index contributed by atoms with van der Waals surface area (Å²) in [6.45, 7) is 1.67. The molecule has 0 spiro atoms. The van der Waals surface area contributed by atoms with E-state index >= 15 is 0 Å². The monoisotopic (exact) mass is 480 g/mol. The van der Waals surface area contributed by atoms with Gasteiger partial charge >= 0.3 is 0 Å². The van der Waals surface area contributed by atoms with Crippen molar-refractivity contribution in [2.75, 3.05) is 26.2 Å². The summed E-state index contributed by atoms with van der Waals surface area (Å²) in [7, 11) is -3.74. The van der Waals surface area contributed by atoms with Gasteiger partial charge in [0, 0.05) is 31.1 Å². The first-order valence-corrected chi connectivity index (χ1v) is 13.2. The number of fused-ring (bicyclic) bond motifs is 1. The van der Waals surface area contributed by atoms with Crippen molar-refractivity contribution in [3.05, 3.63) is 90.2 Å². The summed E-state index contributed by atoms with van der Waals surface area (Å²) < 4.78 is 41.7. The van der Waals surface area contributed by atoms with Gasteiger partial charge in [-0.3, -0.25) is 4.90 Å². The van der Waals surface area contributed by atoms with Crippen molar-refractivity contribution < 1.29 is 17.9 Å². The van der Waals surface area contributed by atoms with Gasteiger partial charge in [0.2, 0.25) is 10.0 Å². The van der Waals surface area contributed by atoms with Crippen LogP contribution < -0.4 is 0 Å². The van der Waals surface area contributed by atoms with Gasteiger partial charge in [-0.1, -0.05) is 54.6 Å². The van der Waals surface area contributed by atoms with Crippen LogP contribution in [-0.4, -0.2) is 61.1 Å². The Kier molecular flexibility index (Phi) is 6.53. The van der Waals surface area contributed by atoms with Gasteiger partial charge in [0.05, 0.1) is 11.5 Å². The number of halogens is 1.